The summed E-state index contributed by atoms with van der Waals surface area (Å²) in [4.78, 5) is 22.2. The predicted octanol–water partition coefficient (Wildman–Crippen LogP) is 2.84. The zero-order chi connectivity index (χ0) is 13.9. The Labute approximate surface area is 116 Å². The van der Waals surface area contributed by atoms with Crippen LogP contribution < -0.4 is 0 Å². The fourth-order valence-corrected chi connectivity index (χ4v) is 1.93. The predicted molar refractivity (Wildman–Crippen MR) is 76.7 cm³/mol. The molecule has 0 spiro atoms. The molecule has 0 aliphatic carbocycles. The van der Waals surface area contributed by atoms with E-state index in [0.29, 0.717) is 6.42 Å². The summed E-state index contributed by atoms with van der Waals surface area (Å²) in [5.74, 6) is 0.255. The molecule has 0 fully saturated rings. The Bertz CT molecular complexity index is 346. The first kappa shape index (κ1) is 15.6. The van der Waals surface area contributed by atoms with E-state index in [-0.39, 0.29) is 5.91 Å². The van der Waals surface area contributed by atoms with E-state index in [9.17, 15) is 4.79 Å². The highest BCUT2D eigenvalue weighted by Crippen LogP contribution is 2.05. The summed E-state index contributed by atoms with van der Waals surface area (Å²) in [7, 11) is 0. The van der Waals surface area contributed by atoms with Gasteiger partial charge in [0, 0.05) is 31.9 Å². The molecule has 0 unspecified atom stereocenters. The van der Waals surface area contributed by atoms with Crippen LogP contribution in [0.3, 0.4) is 0 Å². The van der Waals surface area contributed by atoms with Gasteiger partial charge in [0.05, 0.1) is 0 Å². The zero-order valence-corrected chi connectivity index (χ0v) is 12.1. The molecular formula is C15H25N3O. The van der Waals surface area contributed by atoms with E-state index in [2.05, 4.69) is 23.8 Å². The fourth-order valence-electron chi connectivity index (χ4n) is 1.93. The van der Waals surface area contributed by atoms with Crippen LogP contribution in [0.2, 0.25) is 0 Å². The molecule has 0 saturated heterocycles. The standard InChI is InChI=1S/C15H25N3O/c1-3-5-9-18(10-6-4-2)15(19)8-7-14-11-16-13-17-12-14/h11-13H,3-10H2,1-2H3. The second-order valence-electron chi connectivity index (χ2n) is 4.83. The molecule has 0 radical (unpaired) electrons. The largest absolute Gasteiger partial charge is 0.343 e. The number of aromatic nitrogens is 2. The van der Waals surface area contributed by atoms with Crippen molar-refractivity contribution < 1.29 is 4.79 Å². The maximum Gasteiger partial charge on any atom is 0.222 e. The highest BCUT2D eigenvalue weighted by atomic mass is 16.2. The average molecular weight is 263 g/mol. The average Bonchev–Trinajstić information content (AvgIpc) is 2.46. The third-order valence-corrected chi connectivity index (χ3v) is 3.16. The lowest BCUT2D eigenvalue weighted by Crippen LogP contribution is -2.33. The van der Waals surface area contributed by atoms with E-state index in [0.717, 1.165) is 50.8 Å². The summed E-state index contributed by atoms with van der Waals surface area (Å²) >= 11 is 0. The molecule has 4 nitrogen and oxygen atoms in total. The second-order valence-corrected chi connectivity index (χ2v) is 4.83. The topological polar surface area (TPSA) is 46.1 Å². The van der Waals surface area contributed by atoms with Crippen LogP contribution in [0.4, 0.5) is 0 Å². The summed E-state index contributed by atoms with van der Waals surface area (Å²) in [6, 6.07) is 0. The number of aryl methyl sites for hydroxylation is 1. The van der Waals surface area contributed by atoms with Crippen molar-refractivity contribution in [3.63, 3.8) is 0 Å². The Hall–Kier alpha value is -1.45. The normalized spacial score (nSPS) is 10.4. The number of hydrogen-bond donors (Lipinski definition) is 0. The Balaban J connectivity index is 2.41. The molecule has 0 saturated carbocycles. The minimum absolute atomic E-state index is 0.255. The number of hydrogen-bond acceptors (Lipinski definition) is 3. The van der Waals surface area contributed by atoms with Crippen LogP contribution in [0.1, 0.15) is 51.5 Å². The number of nitrogens with zero attached hydrogens (tertiary/aromatic N) is 3. The van der Waals surface area contributed by atoms with Gasteiger partial charge in [-0.15, -0.1) is 0 Å². The van der Waals surface area contributed by atoms with Gasteiger partial charge in [0.2, 0.25) is 5.91 Å². The number of carbonyl (C=O) groups excluding carboxylic acids is 1. The lowest BCUT2D eigenvalue weighted by atomic mass is 10.1. The van der Waals surface area contributed by atoms with Crippen LogP contribution in [0.15, 0.2) is 18.7 Å². The van der Waals surface area contributed by atoms with Crippen LogP contribution in [-0.2, 0) is 11.2 Å². The van der Waals surface area contributed by atoms with E-state index >= 15 is 0 Å². The van der Waals surface area contributed by atoms with E-state index in [4.69, 9.17) is 0 Å². The summed E-state index contributed by atoms with van der Waals surface area (Å²) in [6.45, 7) is 6.09. The molecule has 1 amide bonds. The molecule has 1 aromatic rings. The molecule has 1 heterocycles. The molecule has 0 aliphatic rings. The van der Waals surface area contributed by atoms with Crippen LogP contribution >= 0.6 is 0 Å². The van der Waals surface area contributed by atoms with Gasteiger partial charge < -0.3 is 4.90 Å². The molecule has 0 bridgehead atoms. The van der Waals surface area contributed by atoms with Gasteiger partial charge in [-0.1, -0.05) is 26.7 Å². The molecular weight excluding hydrogens is 238 g/mol. The first-order valence-electron chi connectivity index (χ1n) is 7.29. The van der Waals surface area contributed by atoms with Gasteiger partial charge in [0.25, 0.3) is 0 Å². The zero-order valence-electron chi connectivity index (χ0n) is 12.1. The highest BCUT2D eigenvalue weighted by molar-refractivity contribution is 5.76. The molecule has 4 heteroatoms. The Morgan fingerprint density at radius 1 is 1.11 bits per heavy atom. The van der Waals surface area contributed by atoms with E-state index in [1.54, 1.807) is 12.4 Å². The van der Waals surface area contributed by atoms with Gasteiger partial charge in [-0.2, -0.15) is 0 Å². The van der Waals surface area contributed by atoms with Crippen molar-refractivity contribution in [3.05, 3.63) is 24.3 Å². The smallest absolute Gasteiger partial charge is 0.222 e. The SMILES string of the molecule is CCCCN(CCCC)C(=O)CCc1cncnc1. The molecule has 19 heavy (non-hydrogen) atoms. The van der Waals surface area contributed by atoms with Crippen LogP contribution in [0, 0.1) is 0 Å². The molecule has 0 N–H and O–H groups in total. The van der Waals surface area contributed by atoms with Crippen molar-refractivity contribution in [2.75, 3.05) is 13.1 Å². The van der Waals surface area contributed by atoms with Crippen molar-refractivity contribution >= 4 is 5.91 Å². The van der Waals surface area contributed by atoms with Gasteiger partial charge in [-0.25, -0.2) is 9.97 Å². The Morgan fingerprint density at radius 3 is 2.21 bits per heavy atom. The quantitative estimate of drug-likeness (QED) is 0.688. The lowest BCUT2D eigenvalue weighted by molar-refractivity contribution is -0.131. The second kappa shape index (κ2) is 9.48. The van der Waals surface area contributed by atoms with Gasteiger partial charge in [-0.05, 0) is 24.8 Å². The van der Waals surface area contributed by atoms with Crippen LogP contribution in [0.5, 0.6) is 0 Å². The number of rotatable bonds is 9. The minimum Gasteiger partial charge on any atom is -0.343 e. The molecule has 106 valence electrons. The van der Waals surface area contributed by atoms with E-state index in [1.165, 1.54) is 6.33 Å². The van der Waals surface area contributed by atoms with E-state index in [1.807, 2.05) is 4.90 Å². The van der Waals surface area contributed by atoms with Crippen molar-refractivity contribution in [1.29, 1.82) is 0 Å². The maximum atomic E-state index is 12.2. The van der Waals surface area contributed by atoms with Crippen molar-refractivity contribution in [1.82, 2.24) is 14.9 Å². The first-order valence-corrected chi connectivity index (χ1v) is 7.29. The number of unbranched alkanes of at least 4 members (excludes halogenated alkanes) is 2. The number of carbonyl (C=O) groups is 1. The summed E-state index contributed by atoms with van der Waals surface area (Å²) in [6.07, 6.45) is 10.8. The fraction of sp³-hybridized carbons (Fsp3) is 0.667. The minimum atomic E-state index is 0.255. The van der Waals surface area contributed by atoms with Crippen molar-refractivity contribution in [2.45, 2.75) is 52.4 Å². The van der Waals surface area contributed by atoms with Gasteiger partial charge in [0.1, 0.15) is 6.33 Å². The Kier molecular flexibility index (Phi) is 7.78. The molecule has 0 atom stereocenters. The van der Waals surface area contributed by atoms with E-state index < -0.39 is 0 Å². The highest BCUT2D eigenvalue weighted by Gasteiger charge is 2.12. The Morgan fingerprint density at radius 2 is 1.68 bits per heavy atom. The van der Waals surface area contributed by atoms with Crippen molar-refractivity contribution in [2.24, 2.45) is 0 Å². The molecule has 0 aromatic carbocycles. The summed E-state index contributed by atoms with van der Waals surface area (Å²) < 4.78 is 0. The summed E-state index contributed by atoms with van der Waals surface area (Å²) in [5, 5.41) is 0. The monoisotopic (exact) mass is 263 g/mol. The first-order chi connectivity index (χ1) is 9.27. The van der Waals surface area contributed by atoms with Crippen LogP contribution in [-0.4, -0.2) is 33.9 Å². The molecule has 1 rings (SSSR count). The molecule has 0 aliphatic heterocycles. The van der Waals surface area contributed by atoms with Crippen molar-refractivity contribution in [3.8, 4) is 0 Å². The van der Waals surface area contributed by atoms with Gasteiger partial charge >= 0.3 is 0 Å². The third-order valence-electron chi connectivity index (χ3n) is 3.16. The van der Waals surface area contributed by atoms with Crippen LogP contribution in [0.25, 0.3) is 0 Å². The maximum absolute atomic E-state index is 12.2. The van der Waals surface area contributed by atoms with Gasteiger partial charge in [-0.3, -0.25) is 4.79 Å². The summed E-state index contributed by atoms with van der Waals surface area (Å²) in [5.41, 5.74) is 1.03. The number of amides is 1. The third kappa shape index (κ3) is 6.32. The van der Waals surface area contributed by atoms with Gasteiger partial charge in [0.15, 0.2) is 0 Å². The molecule has 1 aromatic heterocycles. The lowest BCUT2D eigenvalue weighted by Gasteiger charge is -2.22.